The Kier molecular flexibility index (Phi) is 5.64. The lowest BCUT2D eigenvalue weighted by Crippen LogP contribution is -2.29. The summed E-state index contributed by atoms with van der Waals surface area (Å²) in [6, 6.07) is 5.79. The fourth-order valence-electron chi connectivity index (χ4n) is 2.68. The van der Waals surface area contributed by atoms with Crippen molar-refractivity contribution in [3.63, 3.8) is 0 Å². The SMILES string of the molecule is C=CCc1ccc(OC2CCC=CC2CC(=O)O)c(OC)c1. The lowest BCUT2D eigenvalue weighted by molar-refractivity contribution is -0.138. The van der Waals surface area contributed by atoms with E-state index in [0.29, 0.717) is 11.5 Å². The molecule has 1 aliphatic carbocycles. The van der Waals surface area contributed by atoms with Crippen molar-refractivity contribution in [3.8, 4) is 11.5 Å². The molecule has 4 nitrogen and oxygen atoms in total. The predicted molar refractivity (Wildman–Crippen MR) is 85.4 cm³/mol. The Balaban J connectivity index is 2.15. The monoisotopic (exact) mass is 302 g/mol. The Morgan fingerprint density at radius 1 is 1.45 bits per heavy atom. The molecule has 0 bridgehead atoms. The van der Waals surface area contributed by atoms with Crippen LogP contribution < -0.4 is 9.47 Å². The van der Waals surface area contributed by atoms with Gasteiger partial charge in [0.05, 0.1) is 13.5 Å². The molecule has 1 N–H and O–H groups in total. The van der Waals surface area contributed by atoms with Gasteiger partial charge in [0, 0.05) is 5.92 Å². The van der Waals surface area contributed by atoms with Crippen molar-refractivity contribution >= 4 is 5.97 Å². The van der Waals surface area contributed by atoms with Gasteiger partial charge >= 0.3 is 5.97 Å². The zero-order valence-corrected chi connectivity index (χ0v) is 12.8. The molecule has 1 aromatic carbocycles. The molecule has 0 spiro atoms. The van der Waals surface area contributed by atoms with Gasteiger partial charge in [0.2, 0.25) is 0 Å². The second-order valence-corrected chi connectivity index (χ2v) is 5.40. The minimum atomic E-state index is -0.807. The molecule has 0 amide bonds. The smallest absolute Gasteiger partial charge is 0.304 e. The van der Waals surface area contributed by atoms with Crippen LogP contribution in [0.4, 0.5) is 0 Å². The van der Waals surface area contributed by atoms with Crippen molar-refractivity contribution in [2.45, 2.75) is 31.8 Å². The average Bonchev–Trinajstić information content (AvgIpc) is 2.50. The van der Waals surface area contributed by atoms with Gasteiger partial charge in [-0.1, -0.05) is 24.3 Å². The summed E-state index contributed by atoms with van der Waals surface area (Å²) in [4.78, 5) is 11.0. The third-order valence-electron chi connectivity index (χ3n) is 3.78. The lowest BCUT2D eigenvalue weighted by atomic mass is 9.90. The molecular weight excluding hydrogens is 280 g/mol. The topological polar surface area (TPSA) is 55.8 Å². The number of carboxylic acids is 1. The molecule has 1 aromatic rings. The first-order valence-electron chi connectivity index (χ1n) is 7.47. The first-order valence-corrected chi connectivity index (χ1v) is 7.47. The van der Waals surface area contributed by atoms with E-state index in [9.17, 15) is 4.79 Å². The predicted octanol–water partition coefficient (Wildman–Crippen LogP) is 3.61. The van der Waals surface area contributed by atoms with Gasteiger partial charge < -0.3 is 14.6 Å². The highest BCUT2D eigenvalue weighted by Crippen LogP contribution is 2.33. The van der Waals surface area contributed by atoms with Crippen molar-refractivity contribution in [2.24, 2.45) is 5.92 Å². The zero-order chi connectivity index (χ0) is 15.9. The molecule has 0 aromatic heterocycles. The van der Waals surface area contributed by atoms with Crippen LogP contribution in [0.1, 0.15) is 24.8 Å². The van der Waals surface area contributed by atoms with Gasteiger partial charge in [-0.3, -0.25) is 4.79 Å². The van der Waals surface area contributed by atoms with Crippen molar-refractivity contribution in [1.82, 2.24) is 0 Å². The first kappa shape index (κ1) is 16.1. The Morgan fingerprint density at radius 2 is 2.27 bits per heavy atom. The molecule has 0 fully saturated rings. The van der Waals surface area contributed by atoms with Crippen molar-refractivity contribution < 1.29 is 19.4 Å². The van der Waals surface area contributed by atoms with Crippen molar-refractivity contribution in [2.75, 3.05) is 7.11 Å². The Bertz CT molecular complexity index is 562. The number of methoxy groups -OCH3 is 1. The Labute approximate surface area is 131 Å². The van der Waals surface area contributed by atoms with E-state index in [-0.39, 0.29) is 18.4 Å². The first-order chi connectivity index (χ1) is 10.6. The van der Waals surface area contributed by atoms with Crippen LogP contribution in [-0.4, -0.2) is 24.3 Å². The summed E-state index contributed by atoms with van der Waals surface area (Å²) in [5.74, 6) is 0.413. The minimum Gasteiger partial charge on any atom is -0.493 e. The van der Waals surface area contributed by atoms with E-state index in [1.807, 2.05) is 36.4 Å². The maximum absolute atomic E-state index is 11.0. The number of ether oxygens (including phenoxy) is 2. The van der Waals surface area contributed by atoms with Crippen LogP contribution in [0.5, 0.6) is 11.5 Å². The molecule has 2 rings (SSSR count). The molecule has 118 valence electrons. The second kappa shape index (κ2) is 7.69. The van der Waals surface area contributed by atoms with E-state index in [1.54, 1.807) is 7.11 Å². The molecule has 0 aliphatic heterocycles. The van der Waals surface area contributed by atoms with Crippen LogP contribution >= 0.6 is 0 Å². The van der Waals surface area contributed by atoms with Crippen molar-refractivity contribution in [3.05, 3.63) is 48.6 Å². The van der Waals surface area contributed by atoms with Crippen LogP contribution in [0.2, 0.25) is 0 Å². The van der Waals surface area contributed by atoms with Crippen LogP contribution in [0.3, 0.4) is 0 Å². The fraction of sp³-hybridized carbons (Fsp3) is 0.389. The molecule has 0 radical (unpaired) electrons. The molecule has 1 aliphatic rings. The maximum atomic E-state index is 11.0. The molecule has 2 unspecified atom stereocenters. The summed E-state index contributed by atoms with van der Waals surface area (Å²) >= 11 is 0. The van der Waals surface area contributed by atoms with E-state index >= 15 is 0 Å². The lowest BCUT2D eigenvalue weighted by Gasteiger charge is -2.28. The van der Waals surface area contributed by atoms with Gasteiger partial charge in [-0.25, -0.2) is 0 Å². The summed E-state index contributed by atoms with van der Waals surface area (Å²) in [5, 5.41) is 9.02. The number of aliphatic carboxylic acids is 1. The number of carbonyl (C=O) groups is 1. The number of rotatable bonds is 7. The van der Waals surface area contributed by atoms with E-state index < -0.39 is 5.97 Å². The summed E-state index contributed by atoms with van der Waals surface area (Å²) in [6.07, 6.45) is 8.23. The molecule has 22 heavy (non-hydrogen) atoms. The number of benzene rings is 1. The number of hydrogen-bond acceptors (Lipinski definition) is 3. The van der Waals surface area contributed by atoms with Gasteiger partial charge in [-0.2, -0.15) is 0 Å². The van der Waals surface area contributed by atoms with Gasteiger partial charge in [0.1, 0.15) is 6.10 Å². The average molecular weight is 302 g/mol. The number of carboxylic acid groups (broad SMARTS) is 1. The second-order valence-electron chi connectivity index (χ2n) is 5.40. The highest BCUT2D eigenvalue weighted by atomic mass is 16.5. The number of hydrogen-bond donors (Lipinski definition) is 1. The molecular formula is C18H22O4. The van der Waals surface area contributed by atoms with Crippen LogP contribution in [0.25, 0.3) is 0 Å². The van der Waals surface area contributed by atoms with Gasteiger partial charge in [0.25, 0.3) is 0 Å². The van der Waals surface area contributed by atoms with Crippen LogP contribution in [0, 0.1) is 5.92 Å². The molecule has 0 saturated heterocycles. The van der Waals surface area contributed by atoms with E-state index in [0.717, 1.165) is 24.8 Å². The number of allylic oxidation sites excluding steroid dienone is 2. The summed E-state index contributed by atoms with van der Waals surface area (Å²) < 4.78 is 11.5. The Hall–Kier alpha value is -2.23. The van der Waals surface area contributed by atoms with Gasteiger partial charge in [-0.15, -0.1) is 6.58 Å². The third kappa shape index (κ3) is 4.13. The normalized spacial score (nSPS) is 20.4. The van der Waals surface area contributed by atoms with E-state index in [4.69, 9.17) is 14.6 Å². The molecule has 2 atom stereocenters. The third-order valence-corrected chi connectivity index (χ3v) is 3.78. The van der Waals surface area contributed by atoms with E-state index in [2.05, 4.69) is 6.58 Å². The van der Waals surface area contributed by atoms with E-state index in [1.165, 1.54) is 0 Å². The standard InChI is InChI=1S/C18H22O4/c1-3-6-13-9-10-16(17(11-13)21-2)22-15-8-5-4-7-14(15)12-18(19)20/h3-4,7,9-11,14-15H,1,5-6,8,12H2,2H3,(H,19,20). The zero-order valence-electron chi connectivity index (χ0n) is 12.8. The fourth-order valence-corrected chi connectivity index (χ4v) is 2.68. The molecule has 4 heteroatoms. The highest BCUT2D eigenvalue weighted by molar-refractivity contribution is 5.67. The van der Waals surface area contributed by atoms with Crippen LogP contribution in [0.15, 0.2) is 43.0 Å². The quantitative estimate of drug-likeness (QED) is 0.782. The highest BCUT2D eigenvalue weighted by Gasteiger charge is 2.26. The largest absolute Gasteiger partial charge is 0.493 e. The summed E-state index contributed by atoms with van der Waals surface area (Å²) in [6.45, 7) is 3.73. The van der Waals surface area contributed by atoms with Gasteiger partial charge in [-0.05, 0) is 37.0 Å². The Morgan fingerprint density at radius 3 is 2.95 bits per heavy atom. The summed E-state index contributed by atoms with van der Waals surface area (Å²) in [5.41, 5.74) is 1.10. The minimum absolute atomic E-state index is 0.0814. The van der Waals surface area contributed by atoms with Crippen molar-refractivity contribution in [1.29, 1.82) is 0 Å². The molecule has 0 heterocycles. The maximum Gasteiger partial charge on any atom is 0.304 e. The molecule has 0 saturated carbocycles. The van der Waals surface area contributed by atoms with Crippen LogP contribution in [-0.2, 0) is 11.2 Å². The summed E-state index contributed by atoms with van der Waals surface area (Å²) in [7, 11) is 1.61. The van der Waals surface area contributed by atoms with Gasteiger partial charge in [0.15, 0.2) is 11.5 Å².